The number of aromatic hydroxyl groups is 1. The Balaban J connectivity index is 2.07. The Morgan fingerprint density at radius 3 is 2.37 bits per heavy atom. The molecule has 1 fully saturated rings. The van der Waals surface area contributed by atoms with Crippen molar-refractivity contribution in [3.05, 3.63) is 29.6 Å². The summed E-state index contributed by atoms with van der Waals surface area (Å²) >= 11 is 0. The molecule has 0 aromatic heterocycles. The van der Waals surface area contributed by atoms with Gasteiger partial charge in [-0.1, -0.05) is 0 Å². The van der Waals surface area contributed by atoms with Gasteiger partial charge in [0.2, 0.25) is 5.91 Å². The molecule has 0 bridgehead atoms. The van der Waals surface area contributed by atoms with Crippen molar-refractivity contribution in [3.63, 3.8) is 0 Å². The Bertz CT molecular complexity index is 508. The molecule has 0 heterocycles. The van der Waals surface area contributed by atoms with Gasteiger partial charge in [0.15, 0.2) is 0 Å². The Hall–Kier alpha value is -1.91. The molecule has 0 radical (unpaired) electrons. The lowest BCUT2D eigenvalue weighted by atomic mass is 9.78. The highest BCUT2D eigenvalue weighted by Crippen LogP contribution is 2.32. The van der Waals surface area contributed by atoms with E-state index in [2.05, 4.69) is 0 Å². The van der Waals surface area contributed by atoms with Crippen LogP contribution >= 0.6 is 0 Å². The van der Waals surface area contributed by atoms with E-state index in [0.717, 1.165) is 6.07 Å². The molecule has 0 aliphatic heterocycles. The number of amides is 1. The molecule has 1 aromatic rings. The summed E-state index contributed by atoms with van der Waals surface area (Å²) < 4.78 is 12.9. The SMILES string of the molecule is N=C(c1ccc(F)cc1O)[C@H]1CC[C@H](C(N)=O)CC1. The Morgan fingerprint density at radius 1 is 1.26 bits per heavy atom. The molecule has 1 saturated carbocycles. The van der Waals surface area contributed by atoms with Crippen LogP contribution in [0, 0.1) is 23.1 Å². The number of carbonyl (C=O) groups excluding carboxylic acids is 1. The van der Waals surface area contributed by atoms with Crippen molar-refractivity contribution >= 4 is 11.6 Å². The van der Waals surface area contributed by atoms with Crippen molar-refractivity contribution in [2.75, 3.05) is 0 Å². The van der Waals surface area contributed by atoms with E-state index in [9.17, 15) is 14.3 Å². The van der Waals surface area contributed by atoms with Gasteiger partial charge in [-0.25, -0.2) is 4.39 Å². The summed E-state index contributed by atoms with van der Waals surface area (Å²) in [6, 6.07) is 3.67. The molecule has 19 heavy (non-hydrogen) atoms. The van der Waals surface area contributed by atoms with E-state index in [1.165, 1.54) is 12.1 Å². The molecular weight excluding hydrogens is 247 g/mol. The van der Waals surface area contributed by atoms with Gasteiger partial charge in [0.1, 0.15) is 11.6 Å². The molecule has 2 rings (SSSR count). The highest BCUT2D eigenvalue weighted by Gasteiger charge is 2.28. The number of phenolic OH excluding ortho intramolecular Hbond substituents is 1. The van der Waals surface area contributed by atoms with Crippen molar-refractivity contribution in [2.45, 2.75) is 25.7 Å². The first-order valence-corrected chi connectivity index (χ1v) is 6.35. The van der Waals surface area contributed by atoms with E-state index < -0.39 is 5.82 Å². The van der Waals surface area contributed by atoms with Crippen LogP contribution in [0.3, 0.4) is 0 Å². The number of benzene rings is 1. The van der Waals surface area contributed by atoms with E-state index in [4.69, 9.17) is 11.1 Å². The highest BCUT2D eigenvalue weighted by molar-refractivity contribution is 6.02. The number of rotatable bonds is 3. The monoisotopic (exact) mass is 264 g/mol. The van der Waals surface area contributed by atoms with Gasteiger partial charge >= 0.3 is 0 Å². The first kappa shape index (κ1) is 13.5. The molecule has 1 amide bonds. The maximum atomic E-state index is 12.9. The lowest BCUT2D eigenvalue weighted by molar-refractivity contribution is -0.122. The summed E-state index contributed by atoms with van der Waals surface area (Å²) in [5.41, 5.74) is 5.94. The summed E-state index contributed by atoms with van der Waals surface area (Å²) in [6.45, 7) is 0. The van der Waals surface area contributed by atoms with E-state index in [0.29, 0.717) is 37.0 Å². The van der Waals surface area contributed by atoms with Crippen LogP contribution in [0.5, 0.6) is 5.75 Å². The lowest BCUT2D eigenvalue weighted by Crippen LogP contribution is -2.30. The Kier molecular flexibility index (Phi) is 3.83. The summed E-state index contributed by atoms with van der Waals surface area (Å²) in [4.78, 5) is 11.1. The lowest BCUT2D eigenvalue weighted by Gasteiger charge is -2.27. The van der Waals surface area contributed by atoms with Crippen molar-refractivity contribution in [3.8, 4) is 5.75 Å². The topological polar surface area (TPSA) is 87.2 Å². The van der Waals surface area contributed by atoms with Crippen LogP contribution < -0.4 is 5.73 Å². The minimum atomic E-state index is -0.522. The third-order valence-corrected chi connectivity index (χ3v) is 3.79. The van der Waals surface area contributed by atoms with Crippen LogP contribution in [-0.2, 0) is 4.79 Å². The number of carbonyl (C=O) groups is 1. The van der Waals surface area contributed by atoms with Crippen molar-refractivity contribution in [2.24, 2.45) is 17.6 Å². The number of hydrogen-bond donors (Lipinski definition) is 3. The molecular formula is C14H17FN2O2. The number of nitrogens with one attached hydrogen (secondary N) is 1. The minimum Gasteiger partial charge on any atom is -0.507 e. The van der Waals surface area contributed by atoms with Gasteiger partial charge in [-0.15, -0.1) is 0 Å². The Morgan fingerprint density at radius 2 is 1.84 bits per heavy atom. The van der Waals surface area contributed by atoms with E-state index >= 15 is 0 Å². The average molecular weight is 264 g/mol. The second-order valence-electron chi connectivity index (χ2n) is 5.03. The van der Waals surface area contributed by atoms with Crippen LogP contribution in [0.4, 0.5) is 4.39 Å². The normalized spacial score (nSPS) is 23.0. The summed E-state index contributed by atoms with van der Waals surface area (Å²) in [5, 5.41) is 17.8. The van der Waals surface area contributed by atoms with Crippen LogP contribution in [0.2, 0.25) is 0 Å². The van der Waals surface area contributed by atoms with Crippen molar-refractivity contribution in [1.82, 2.24) is 0 Å². The maximum Gasteiger partial charge on any atom is 0.220 e. The van der Waals surface area contributed by atoms with Crippen LogP contribution in [0.15, 0.2) is 18.2 Å². The minimum absolute atomic E-state index is 0.00744. The second-order valence-corrected chi connectivity index (χ2v) is 5.03. The summed E-state index contributed by atoms with van der Waals surface area (Å²) in [6.07, 6.45) is 2.74. The number of hydrogen-bond acceptors (Lipinski definition) is 3. The fourth-order valence-corrected chi connectivity index (χ4v) is 2.62. The fourth-order valence-electron chi connectivity index (χ4n) is 2.62. The number of phenols is 1. The number of primary amides is 1. The number of nitrogens with two attached hydrogens (primary N) is 1. The first-order valence-electron chi connectivity index (χ1n) is 6.35. The highest BCUT2D eigenvalue weighted by atomic mass is 19.1. The predicted molar refractivity (Wildman–Crippen MR) is 69.5 cm³/mol. The molecule has 1 aliphatic rings. The smallest absolute Gasteiger partial charge is 0.220 e. The van der Waals surface area contributed by atoms with Crippen LogP contribution in [-0.4, -0.2) is 16.7 Å². The molecule has 0 spiro atoms. The third-order valence-electron chi connectivity index (χ3n) is 3.79. The van der Waals surface area contributed by atoms with E-state index in [1.807, 2.05) is 0 Å². The predicted octanol–water partition coefficient (Wildman–Crippen LogP) is 2.19. The van der Waals surface area contributed by atoms with Gasteiger partial charge in [-0.2, -0.15) is 0 Å². The zero-order valence-electron chi connectivity index (χ0n) is 10.5. The zero-order chi connectivity index (χ0) is 14.0. The van der Waals surface area contributed by atoms with Crippen molar-refractivity contribution < 1.29 is 14.3 Å². The fraction of sp³-hybridized carbons (Fsp3) is 0.429. The second kappa shape index (κ2) is 5.38. The average Bonchev–Trinajstić information content (AvgIpc) is 2.38. The van der Waals surface area contributed by atoms with Gasteiger partial charge in [0.25, 0.3) is 0 Å². The van der Waals surface area contributed by atoms with Crippen LogP contribution in [0.1, 0.15) is 31.2 Å². The van der Waals surface area contributed by atoms with Crippen molar-refractivity contribution in [1.29, 1.82) is 5.41 Å². The van der Waals surface area contributed by atoms with Gasteiger partial charge in [0.05, 0.1) is 0 Å². The summed E-state index contributed by atoms with van der Waals surface area (Å²) in [7, 11) is 0. The van der Waals surface area contributed by atoms with Gasteiger partial charge in [-0.3, -0.25) is 4.79 Å². The van der Waals surface area contributed by atoms with E-state index in [1.54, 1.807) is 0 Å². The quantitative estimate of drug-likeness (QED) is 0.731. The molecule has 0 saturated heterocycles. The molecule has 1 aromatic carbocycles. The Labute approximate surface area is 110 Å². The molecule has 0 atom stereocenters. The maximum absolute atomic E-state index is 12.9. The zero-order valence-corrected chi connectivity index (χ0v) is 10.5. The standard InChI is InChI=1S/C14H17FN2O2/c15-10-5-6-11(12(18)7-10)13(16)8-1-3-9(4-2-8)14(17)19/h5-9,16,18H,1-4H2,(H2,17,19)/t8-,9-. The molecule has 5 heteroatoms. The molecule has 102 valence electrons. The van der Waals surface area contributed by atoms with Gasteiger partial charge < -0.3 is 16.2 Å². The molecule has 0 unspecified atom stereocenters. The third kappa shape index (κ3) is 2.92. The van der Waals surface area contributed by atoms with Crippen LogP contribution in [0.25, 0.3) is 0 Å². The first-order chi connectivity index (χ1) is 8.99. The molecule has 4 N–H and O–H groups in total. The largest absolute Gasteiger partial charge is 0.507 e. The number of halogens is 1. The van der Waals surface area contributed by atoms with Gasteiger partial charge in [0, 0.05) is 29.2 Å². The summed E-state index contributed by atoms with van der Waals surface area (Å²) in [5.74, 6) is -1.12. The molecule has 1 aliphatic carbocycles. The van der Waals surface area contributed by atoms with E-state index in [-0.39, 0.29) is 23.5 Å². The van der Waals surface area contributed by atoms with Gasteiger partial charge in [-0.05, 0) is 37.8 Å². The molecule has 4 nitrogen and oxygen atoms in total.